The van der Waals surface area contributed by atoms with Crippen LogP contribution in [0.15, 0.2) is 46.9 Å². The van der Waals surface area contributed by atoms with Gasteiger partial charge in [-0.15, -0.1) is 0 Å². The Morgan fingerprint density at radius 1 is 1.10 bits per heavy atom. The van der Waals surface area contributed by atoms with Crippen LogP contribution in [-0.2, 0) is 6.18 Å². The molecule has 2 aromatic rings. The lowest BCUT2D eigenvalue weighted by Crippen LogP contribution is -2.30. The van der Waals surface area contributed by atoms with E-state index in [0.717, 1.165) is 6.07 Å². The minimum Gasteiger partial charge on any atom is -0.271 e. The zero-order valence-electron chi connectivity index (χ0n) is 10.6. The van der Waals surface area contributed by atoms with E-state index in [4.69, 9.17) is 17.4 Å². The first-order valence-electron chi connectivity index (χ1n) is 5.91. The largest absolute Gasteiger partial charge is 0.416 e. The molecule has 2 nitrogen and oxygen atoms in total. The molecule has 3 N–H and O–H groups in total. The van der Waals surface area contributed by atoms with Crippen LogP contribution in [0.2, 0.25) is 5.02 Å². The Morgan fingerprint density at radius 3 is 2.33 bits per heavy atom. The van der Waals surface area contributed by atoms with E-state index in [1.54, 1.807) is 24.3 Å². The summed E-state index contributed by atoms with van der Waals surface area (Å²) in [7, 11) is 0. The summed E-state index contributed by atoms with van der Waals surface area (Å²) in [6.45, 7) is 0. The highest BCUT2D eigenvalue weighted by molar-refractivity contribution is 9.10. The second kappa shape index (κ2) is 6.36. The molecule has 1 atom stereocenters. The molecule has 0 aliphatic carbocycles. The van der Waals surface area contributed by atoms with Crippen molar-refractivity contribution < 1.29 is 13.2 Å². The number of nitrogens with one attached hydrogen (secondary N) is 1. The van der Waals surface area contributed by atoms with E-state index < -0.39 is 17.8 Å². The molecule has 21 heavy (non-hydrogen) atoms. The Hall–Kier alpha value is -1.08. The number of hydrogen-bond donors (Lipinski definition) is 2. The third-order valence-electron chi connectivity index (χ3n) is 3.01. The molecule has 7 heteroatoms. The summed E-state index contributed by atoms with van der Waals surface area (Å²) in [5.41, 5.74) is 2.14. The van der Waals surface area contributed by atoms with Gasteiger partial charge in [0.2, 0.25) is 0 Å². The third-order valence-corrected chi connectivity index (χ3v) is 3.85. The SMILES string of the molecule is NNC(c1ccccc1Cl)c1ccc(Br)cc1C(F)(F)F. The molecule has 0 aromatic heterocycles. The van der Waals surface area contributed by atoms with Crippen LogP contribution in [0.25, 0.3) is 0 Å². The monoisotopic (exact) mass is 378 g/mol. The molecule has 0 amide bonds. The van der Waals surface area contributed by atoms with Crippen molar-refractivity contribution in [3.8, 4) is 0 Å². The Balaban J connectivity index is 2.61. The molecule has 0 saturated heterocycles. The van der Waals surface area contributed by atoms with E-state index in [1.165, 1.54) is 12.1 Å². The van der Waals surface area contributed by atoms with E-state index in [9.17, 15) is 13.2 Å². The Kier molecular flexibility index (Phi) is 4.93. The van der Waals surface area contributed by atoms with E-state index in [-0.39, 0.29) is 5.56 Å². The zero-order valence-corrected chi connectivity index (χ0v) is 12.9. The van der Waals surface area contributed by atoms with E-state index in [1.807, 2.05) is 0 Å². The van der Waals surface area contributed by atoms with Crippen molar-refractivity contribution in [1.82, 2.24) is 5.43 Å². The molecular formula is C14H11BrClF3N2. The number of halogens is 5. The van der Waals surface area contributed by atoms with Crippen LogP contribution in [0.3, 0.4) is 0 Å². The van der Waals surface area contributed by atoms with Gasteiger partial charge in [0.15, 0.2) is 0 Å². The highest BCUT2D eigenvalue weighted by Gasteiger charge is 2.36. The molecule has 0 aliphatic rings. The van der Waals surface area contributed by atoms with Crippen molar-refractivity contribution in [3.05, 3.63) is 68.7 Å². The lowest BCUT2D eigenvalue weighted by molar-refractivity contribution is -0.138. The predicted octanol–water partition coefficient (Wildman–Crippen LogP) is 4.67. The molecule has 0 saturated carbocycles. The van der Waals surface area contributed by atoms with Crippen molar-refractivity contribution in [2.45, 2.75) is 12.2 Å². The van der Waals surface area contributed by atoms with Gasteiger partial charge in [-0.25, -0.2) is 5.43 Å². The summed E-state index contributed by atoms with van der Waals surface area (Å²) in [6, 6.07) is 9.71. The topological polar surface area (TPSA) is 38.0 Å². The number of nitrogens with two attached hydrogens (primary N) is 1. The van der Waals surface area contributed by atoms with Gasteiger partial charge in [-0.1, -0.05) is 51.8 Å². The summed E-state index contributed by atoms with van der Waals surface area (Å²) < 4.78 is 40.0. The maximum atomic E-state index is 13.2. The number of benzene rings is 2. The highest BCUT2D eigenvalue weighted by atomic mass is 79.9. The van der Waals surface area contributed by atoms with Crippen LogP contribution in [0.4, 0.5) is 13.2 Å². The Bertz CT molecular complexity index is 646. The van der Waals surface area contributed by atoms with Gasteiger partial charge in [-0.2, -0.15) is 13.2 Å². The van der Waals surface area contributed by atoms with Crippen LogP contribution in [-0.4, -0.2) is 0 Å². The van der Waals surface area contributed by atoms with Gasteiger partial charge in [0.1, 0.15) is 0 Å². The van der Waals surface area contributed by atoms with E-state index in [0.29, 0.717) is 15.1 Å². The molecule has 2 aromatic carbocycles. The first-order chi connectivity index (χ1) is 9.84. The standard InChI is InChI=1S/C14H11BrClF3N2/c15-8-5-6-9(11(7-8)14(17,18)19)13(21-20)10-3-1-2-4-12(10)16/h1-7,13,21H,20H2. The Labute approximate surface area is 133 Å². The summed E-state index contributed by atoms with van der Waals surface area (Å²) in [6.07, 6.45) is -4.49. The van der Waals surface area contributed by atoms with Crippen molar-refractivity contribution in [1.29, 1.82) is 0 Å². The fourth-order valence-electron chi connectivity index (χ4n) is 2.08. The highest BCUT2D eigenvalue weighted by Crippen LogP contribution is 2.39. The summed E-state index contributed by atoms with van der Waals surface area (Å²) in [4.78, 5) is 0. The van der Waals surface area contributed by atoms with E-state index >= 15 is 0 Å². The summed E-state index contributed by atoms with van der Waals surface area (Å²) in [5, 5.41) is 0.344. The average molecular weight is 380 g/mol. The van der Waals surface area contributed by atoms with Gasteiger partial charge in [-0.05, 0) is 29.3 Å². The van der Waals surface area contributed by atoms with Gasteiger partial charge in [-0.3, -0.25) is 5.84 Å². The second-order valence-corrected chi connectivity index (χ2v) is 5.67. The molecule has 0 aliphatic heterocycles. The normalized spacial score (nSPS) is 13.2. The smallest absolute Gasteiger partial charge is 0.271 e. The first-order valence-corrected chi connectivity index (χ1v) is 7.09. The van der Waals surface area contributed by atoms with Crippen molar-refractivity contribution in [3.63, 3.8) is 0 Å². The summed E-state index contributed by atoms with van der Waals surface area (Å²) >= 11 is 9.11. The van der Waals surface area contributed by atoms with Crippen LogP contribution in [0.1, 0.15) is 22.7 Å². The number of rotatable bonds is 3. The number of alkyl halides is 3. The molecule has 0 radical (unpaired) electrons. The van der Waals surface area contributed by atoms with E-state index in [2.05, 4.69) is 21.4 Å². The van der Waals surface area contributed by atoms with Gasteiger partial charge >= 0.3 is 6.18 Å². The number of hydrogen-bond acceptors (Lipinski definition) is 2. The molecule has 0 spiro atoms. The maximum absolute atomic E-state index is 13.2. The molecule has 1 unspecified atom stereocenters. The Morgan fingerprint density at radius 2 is 1.76 bits per heavy atom. The quantitative estimate of drug-likeness (QED) is 0.600. The predicted molar refractivity (Wildman–Crippen MR) is 79.8 cm³/mol. The molecule has 0 fully saturated rings. The van der Waals surface area contributed by atoms with Crippen LogP contribution < -0.4 is 11.3 Å². The van der Waals surface area contributed by atoms with Crippen LogP contribution in [0, 0.1) is 0 Å². The van der Waals surface area contributed by atoms with Crippen LogP contribution in [0.5, 0.6) is 0 Å². The van der Waals surface area contributed by atoms with Crippen molar-refractivity contribution in [2.24, 2.45) is 5.84 Å². The minimum absolute atomic E-state index is 0.0151. The minimum atomic E-state index is -4.49. The summed E-state index contributed by atoms with van der Waals surface area (Å²) in [5.74, 6) is 5.47. The van der Waals surface area contributed by atoms with Crippen molar-refractivity contribution >= 4 is 27.5 Å². The zero-order chi connectivity index (χ0) is 15.6. The van der Waals surface area contributed by atoms with Gasteiger partial charge in [0, 0.05) is 9.50 Å². The molecule has 112 valence electrons. The molecule has 0 bridgehead atoms. The fourth-order valence-corrected chi connectivity index (χ4v) is 2.69. The number of hydrazine groups is 1. The van der Waals surface area contributed by atoms with Gasteiger partial charge in [0.25, 0.3) is 0 Å². The first kappa shape index (κ1) is 16.3. The average Bonchev–Trinajstić information content (AvgIpc) is 2.42. The van der Waals surface area contributed by atoms with Gasteiger partial charge in [0.05, 0.1) is 11.6 Å². The maximum Gasteiger partial charge on any atom is 0.416 e. The lowest BCUT2D eigenvalue weighted by atomic mass is 9.94. The van der Waals surface area contributed by atoms with Gasteiger partial charge < -0.3 is 0 Å². The molecule has 0 heterocycles. The molecule has 2 rings (SSSR count). The second-order valence-electron chi connectivity index (χ2n) is 4.35. The lowest BCUT2D eigenvalue weighted by Gasteiger charge is -2.22. The third kappa shape index (κ3) is 3.58. The van der Waals surface area contributed by atoms with Crippen LogP contribution >= 0.6 is 27.5 Å². The van der Waals surface area contributed by atoms with Crippen molar-refractivity contribution in [2.75, 3.05) is 0 Å². The molecular weight excluding hydrogens is 369 g/mol. The fraction of sp³-hybridized carbons (Fsp3) is 0.143.